The highest BCUT2D eigenvalue weighted by molar-refractivity contribution is 5.89. The van der Waals surface area contributed by atoms with Gasteiger partial charge in [-0.15, -0.1) is 0 Å². The summed E-state index contributed by atoms with van der Waals surface area (Å²) in [7, 11) is 1.52. The van der Waals surface area contributed by atoms with Crippen LogP contribution in [0.15, 0.2) is 42.5 Å². The topological polar surface area (TPSA) is 67.8 Å². The molecule has 0 aliphatic heterocycles. The zero-order valence-electron chi connectivity index (χ0n) is 14.0. The number of para-hydroxylation sites is 1. The van der Waals surface area contributed by atoms with Crippen LogP contribution in [0.5, 0.6) is 11.5 Å². The van der Waals surface area contributed by atoms with E-state index < -0.39 is 0 Å². The molecule has 0 saturated carbocycles. The molecule has 5 nitrogen and oxygen atoms in total. The molecule has 0 amide bonds. The SMILES string of the molecule is CCCCOC(=O)c1ccc(NCc2cccc(OC)c2O)cc1. The molecule has 24 heavy (non-hydrogen) atoms. The molecule has 0 unspecified atom stereocenters. The fourth-order valence-electron chi connectivity index (χ4n) is 2.19. The van der Waals surface area contributed by atoms with Crippen molar-refractivity contribution < 1.29 is 19.4 Å². The van der Waals surface area contributed by atoms with E-state index in [9.17, 15) is 9.90 Å². The molecule has 2 rings (SSSR count). The number of nitrogens with one attached hydrogen (secondary N) is 1. The van der Waals surface area contributed by atoms with Crippen molar-refractivity contribution in [2.45, 2.75) is 26.3 Å². The van der Waals surface area contributed by atoms with Crippen molar-refractivity contribution >= 4 is 11.7 Å². The Bertz CT molecular complexity index is 668. The summed E-state index contributed by atoms with van der Waals surface area (Å²) in [6.07, 6.45) is 1.86. The van der Waals surface area contributed by atoms with Crippen molar-refractivity contribution in [3.05, 3.63) is 53.6 Å². The number of benzene rings is 2. The number of esters is 1. The monoisotopic (exact) mass is 329 g/mol. The first-order valence-electron chi connectivity index (χ1n) is 8.01. The van der Waals surface area contributed by atoms with Crippen molar-refractivity contribution in [2.75, 3.05) is 19.0 Å². The Morgan fingerprint density at radius 2 is 1.92 bits per heavy atom. The van der Waals surface area contributed by atoms with Gasteiger partial charge in [-0.05, 0) is 36.8 Å². The van der Waals surface area contributed by atoms with E-state index in [1.165, 1.54) is 7.11 Å². The Balaban J connectivity index is 1.93. The second kappa shape index (κ2) is 8.82. The van der Waals surface area contributed by atoms with Gasteiger partial charge in [0.15, 0.2) is 11.5 Å². The minimum atomic E-state index is -0.305. The maximum absolute atomic E-state index is 11.8. The van der Waals surface area contributed by atoms with Crippen LogP contribution in [0.1, 0.15) is 35.7 Å². The van der Waals surface area contributed by atoms with Crippen molar-refractivity contribution in [2.24, 2.45) is 0 Å². The Labute approximate surface area is 142 Å². The highest BCUT2D eigenvalue weighted by Gasteiger charge is 2.08. The van der Waals surface area contributed by atoms with Gasteiger partial charge in [-0.25, -0.2) is 4.79 Å². The fraction of sp³-hybridized carbons (Fsp3) is 0.316. The highest BCUT2D eigenvalue weighted by Crippen LogP contribution is 2.29. The number of methoxy groups -OCH3 is 1. The van der Waals surface area contributed by atoms with Crippen LogP contribution in [0, 0.1) is 0 Å². The first-order chi connectivity index (χ1) is 11.7. The lowest BCUT2D eigenvalue weighted by Gasteiger charge is -2.11. The van der Waals surface area contributed by atoms with E-state index in [4.69, 9.17) is 9.47 Å². The molecule has 2 aromatic rings. The minimum absolute atomic E-state index is 0.128. The van der Waals surface area contributed by atoms with E-state index in [-0.39, 0.29) is 11.7 Å². The minimum Gasteiger partial charge on any atom is -0.504 e. The van der Waals surface area contributed by atoms with Gasteiger partial charge in [0.05, 0.1) is 19.3 Å². The number of hydrogen-bond acceptors (Lipinski definition) is 5. The van der Waals surface area contributed by atoms with Crippen molar-refractivity contribution in [1.29, 1.82) is 0 Å². The van der Waals surface area contributed by atoms with Crippen LogP contribution in [-0.2, 0) is 11.3 Å². The summed E-state index contributed by atoms with van der Waals surface area (Å²) in [6, 6.07) is 12.4. The predicted octanol–water partition coefficient (Wildman–Crippen LogP) is 3.97. The Kier molecular flexibility index (Phi) is 6.49. The van der Waals surface area contributed by atoms with Crippen LogP contribution >= 0.6 is 0 Å². The molecule has 0 heterocycles. The molecule has 0 radical (unpaired) electrons. The summed E-state index contributed by atoms with van der Waals surface area (Å²) in [6.45, 7) is 2.95. The molecule has 0 bridgehead atoms. The summed E-state index contributed by atoms with van der Waals surface area (Å²) in [5, 5.41) is 13.3. The molecule has 0 fully saturated rings. The quantitative estimate of drug-likeness (QED) is 0.566. The van der Waals surface area contributed by atoms with Crippen LogP contribution in [0.2, 0.25) is 0 Å². The molecule has 0 atom stereocenters. The van der Waals surface area contributed by atoms with Gasteiger partial charge in [0.2, 0.25) is 0 Å². The van der Waals surface area contributed by atoms with Gasteiger partial charge in [0.25, 0.3) is 0 Å². The second-order valence-electron chi connectivity index (χ2n) is 5.39. The lowest BCUT2D eigenvalue weighted by Crippen LogP contribution is -2.06. The van der Waals surface area contributed by atoms with Crippen molar-refractivity contribution in [3.8, 4) is 11.5 Å². The van der Waals surface area contributed by atoms with E-state index in [0.29, 0.717) is 24.5 Å². The second-order valence-corrected chi connectivity index (χ2v) is 5.39. The molecule has 128 valence electrons. The summed E-state index contributed by atoms with van der Waals surface area (Å²) in [5.74, 6) is 0.267. The van der Waals surface area contributed by atoms with Gasteiger partial charge in [-0.1, -0.05) is 25.5 Å². The molecule has 5 heteroatoms. The largest absolute Gasteiger partial charge is 0.504 e. The van der Waals surface area contributed by atoms with Gasteiger partial charge in [-0.3, -0.25) is 0 Å². The maximum Gasteiger partial charge on any atom is 0.338 e. The number of phenols is 1. The van der Waals surface area contributed by atoms with E-state index in [2.05, 4.69) is 12.2 Å². The molecule has 0 aromatic heterocycles. The maximum atomic E-state index is 11.8. The first-order valence-corrected chi connectivity index (χ1v) is 8.01. The third-order valence-corrected chi connectivity index (χ3v) is 3.64. The zero-order valence-corrected chi connectivity index (χ0v) is 14.0. The number of carbonyl (C=O) groups excluding carboxylic acids is 1. The van der Waals surface area contributed by atoms with Gasteiger partial charge < -0.3 is 19.9 Å². The number of phenolic OH excluding ortho intramolecular Hbond substituents is 1. The highest BCUT2D eigenvalue weighted by atomic mass is 16.5. The van der Waals surface area contributed by atoms with Crippen molar-refractivity contribution in [3.63, 3.8) is 0 Å². The first kappa shape index (κ1) is 17.7. The van der Waals surface area contributed by atoms with E-state index in [1.54, 1.807) is 18.2 Å². The van der Waals surface area contributed by atoms with Gasteiger partial charge in [0, 0.05) is 17.8 Å². The Morgan fingerprint density at radius 1 is 1.17 bits per heavy atom. The lowest BCUT2D eigenvalue weighted by atomic mass is 10.1. The number of rotatable bonds is 8. The van der Waals surface area contributed by atoms with Crippen LogP contribution in [0.25, 0.3) is 0 Å². The van der Waals surface area contributed by atoms with Crippen LogP contribution in [-0.4, -0.2) is 24.8 Å². The normalized spacial score (nSPS) is 10.2. The number of hydrogen-bond donors (Lipinski definition) is 2. The number of aromatic hydroxyl groups is 1. The smallest absolute Gasteiger partial charge is 0.338 e. The summed E-state index contributed by atoms with van der Waals surface area (Å²) in [5.41, 5.74) is 2.11. The number of anilines is 1. The van der Waals surface area contributed by atoms with Gasteiger partial charge in [-0.2, -0.15) is 0 Å². The summed E-state index contributed by atoms with van der Waals surface area (Å²) < 4.78 is 10.3. The number of ether oxygens (including phenoxy) is 2. The van der Waals surface area contributed by atoms with Gasteiger partial charge in [0.1, 0.15) is 0 Å². The third-order valence-electron chi connectivity index (χ3n) is 3.64. The molecule has 2 N–H and O–H groups in total. The molecule has 0 spiro atoms. The summed E-state index contributed by atoms with van der Waals surface area (Å²) in [4.78, 5) is 11.8. The van der Waals surface area contributed by atoms with Crippen LogP contribution in [0.4, 0.5) is 5.69 Å². The molecular weight excluding hydrogens is 306 g/mol. The standard InChI is InChI=1S/C19H23NO4/c1-3-4-12-24-19(22)14-8-10-16(11-9-14)20-13-15-6-5-7-17(23-2)18(15)21/h5-11,20-21H,3-4,12-13H2,1-2H3. The summed E-state index contributed by atoms with van der Waals surface area (Å²) >= 11 is 0. The Morgan fingerprint density at radius 3 is 2.58 bits per heavy atom. The third kappa shape index (κ3) is 4.65. The number of carbonyl (C=O) groups is 1. The molecule has 0 aliphatic carbocycles. The van der Waals surface area contributed by atoms with E-state index in [0.717, 1.165) is 24.1 Å². The molecule has 0 saturated heterocycles. The average molecular weight is 329 g/mol. The molecular formula is C19H23NO4. The van der Waals surface area contributed by atoms with Crippen LogP contribution in [0.3, 0.4) is 0 Å². The fourth-order valence-corrected chi connectivity index (χ4v) is 2.19. The van der Waals surface area contributed by atoms with Crippen LogP contribution < -0.4 is 10.1 Å². The zero-order chi connectivity index (χ0) is 17.4. The molecule has 0 aliphatic rings. The number of unbranched alkanes of at least 4 members (excludes halogenated alkanes) is 1. The predicted molar refractivity (Wildman–Crippen MR) is 93.6 cm³/mol. The average Bonchev–Trinajstić information content (AvgIpc) is 2.61. The lowest BCUT2D eigenvalue weighted by molar-refractivity contribution is 0.0500. The van der Waals surface area contributed by atoms with E-state index >= 15 is 0 Å². The van der Waals surface area contributed by atoms with Gasteiger partial charge >= 0.3 is 5.97 Å². The van der Waals surface area contributed by atoms with Crippen molar-refractivity contribution in [1.82, 2.24) is 0 Å². The van der Waals surface area contributed by atoms with E-state index in [1.807, 2.05) is 24.3 Å². The molecule has 2 aromatic carbocycles. The Hall–Kier alpha value is -2.69.